The van der Waals surface area contributed by atoms with Gasteiger partial charge in [-0.05, 0) is 0 Å². The first kappa shape index (κ1) is 2.99. The molecule has 0 aliphatic carbocycles. The van der Waals surface area contributed by atoms with E-state index >= 15 is 0 Å². The lowest BCUT2D eigenvalue weighted by Gasteiger charge is -2.11. The highest BCUT2D eigenvalue weighted by Gasteiger charge is 1.91. The zero-order chi connectivity index (χ0) is 5.11. The first-order chi connectivity index (χ1) is 3.39. The van der Waals surface area contributed by atoms with Crippen LogP contribution in [0.2, 0.25) is 0 Å². The van der Waals surface area contributed by atoms with Crippen molar-refractivity contribution in [3.05, 3.63) is 0 Å². The first-order valence-corrected chi connectivity index (χ1v) is 2.26. The molecular weight excluding hydrogens is 76.1 g/mol. The molecule has 0 bridgehead atoms. The summed E-state index contributed by atoms with van der Waals surface area (Å²) in [5.74, 6) is 0. The number of hydrogen-bond acceptors (Lipinski definition) is 2. The second-order valence-electron chi connectivity index (χ2n) is 1.36. The second-order valence-corrected chi connectivity index (χ2v) is 1.36. The molecule has 1 heterocycles. The lowest BCUT2D eigenvalue weighted by atomic mass is 10.4. The van der Waals surface area contributed by atoms with E-state index in [1.54, 1.807) is 0 Å². The standard InChI is InChI=1S/C4H10N2/c1-2-6-4-3-5-1/h5-6H,1-4H2/i1D. The molecular formula is C4H10N2. The van der Waals surface area contributed by atoms with Gasteiger partial charge in [0, 0.05) is 27.5 Å². The second kappa shape index (κ2) is 2.16. The number of hydrogen-bond donors (Lipinski definition) is 2. The Morgan fingerprint density at radius 2 is 2.00 bits per heavy atom. The van der Waals surface area contributed by atoms with Gasteiger partial charge in [0.05, 0.1) is 0 Å². The maximum Gasteiger partial charge on any atom is 0.0441 e. The van der Waals surface area contributed by atoms with Crippen LogP contribution in [0.25, 0.3) is 0 Å². The summed E-state index contributed by atoms with van der Waals surface area (Å²) in [6, 6.07) is 0. The summed E-state index contributed by atoms with van der Waals surface area (Å²) in [5.41, 5.74) is 0. The fraction of sp³-hybridized carbons (Fsp3) is 1.00. The average molecular weight is 87.1 g/mol. The predicted octanol–water partition coefficient (Wildman–Crippen LogP) is -0.821. The number of rotatable bonds is 0. The molecule has 1 aliphatic rings. The smallest absolute Gasteiger partial charge is 0.0441 e. The normalized spacial score (nSPS) is 38.7. The van der Waals surface area contributed by atoms with Crippen molar-refractivity contribution in [1.82, 2.24) is 10.6 Å². The van der Waals surface area contributed by atoms with Crippen LogP contribution in [0.15, 0.2) is 0 Å². The van der Waals surface area contributed by atoms with Gasteiger partial charge < -0.3 is 10.6 Å². The Hall–Kier alpha value is -0.0800. The summed E-state index contributed by atoms with van der Waals surface area (Å²) in [5, 5.41) is 6.07. The van der Waals surface area contributed by atoms with Crippen LogP contribution in [0, 0.1) is 0 Å². The van der Waals surface area contributed by atoms with Crippen LogP contribution in [0.4, 0.5) is 0 Å². The van der Waals surface area contributed by atoms with Crippen molar-refractivity contribution in [3.63, 3.8) is 0 Å². The molecule has 0 amide bonds. The van der Waals surface area contributed by atoms with E-state index in [2.05, 4.69) is 10.6 Å². The number of piperazine rings is 1. The molecule has 0 radical (unpaired) electrons. The first-order valence-electron chi connectivity index (χ1n) is 2.83. The van der Waals surface area contributed by atoms with Crippen molar-refractivity contribution >= 4 is 0 Å². The maximum atomic E-state index is 7.10. The van der Waals surface area contributed by atoms with Crippen LogP contribution < -0.4 is 10.6 Å². The van der Waals surface area contributed by atoms with Gasteiger partial charge in [0.15, 0.2) is 0 Å². The van der Waals surface area contributed by atoms with E-state index in [0.29, 0.717) is 0 Å². The Bertz CT molecular complexity index is 51.7. The molecule has 1 aliphatic heterocycles. The fourth-order valence-electron chi connectivity index (χ4n) is 0.509. The monoisotopic (exact) mass is 87.1 g/mol. The van der Waals surface area contributed by atoms with E-state index in [-0.39, 0.29) is 6.52 Å². The Morgan fingerprint density at radius 3 is 2.33 bits per heavy atom. The quantitative estimate of drug-likeness (QED) is 0.403. The Kier molecular flexibility index (Phi) is 1.08. The van der Waals surface area contributed by atoms with Crippen molar-refractivity contribution in [2.75, 3.05) is 26.2 Å². The van der Waals surface area contributed by atoms with Crippen molar-refractivity contribution in [1.29, 1.82) is 0 Å². The molecule has 1 saturated heterocycles. The average Bonchev–Trinajstić information content (AvgIpc) is 1.69. The Morgan fingerprint density at radius 1 is 1.17 bits per heavy atom. The Balaban J connectivity index is 2.12. The van der Waals surface area contributed by atoms with Crippen molar-refractivity contribution in [3.8, 4) is 0 Å². The van der Waals surface area contributed by atoms with E-state index in [9.17, 15) is 0 Å². The van der Waals surface area contributed by atoms with Gasteiger partial charge in [-0.2, -0.15) is 0 Å². The van der Waals surface area contributed by atoms with Crippen LogP contribution in [0.1, 0.15) is 1.37 Å². The molecule has 6 heavy (non-hydrogen) atoms. The summed E-state index contributed by atoms with van der Waals surface area (Å²) >= 11 is 0. The Labute approximate surface area is 39.3 Å². The molecule has 0 saturated carbocycles. The molecule has 2 nitrogen and oxygen atoms in total. The lowest BCUT2D eigenvalue weighted by molar-refractivity contribution is 0.534. The van der Waals surface area contributed by atoms with Crippen LogP contribution >= 0.6 is 0 Å². The molecule has 0 aromatic heterocycles. The van der Waals surface area contributed by atoms with Crippen molar-refractivity contribution in [2.24, 2.45) is 0 Å². The van der Waals surface area contributed by atoms with E-state index in [0.717, 1.165) is 19.6 Å². The van der Waals surface area contributed by atoms with Gasteiger partial charge in [0.2, 0.25) is 0 Å². The summed E-state index contributed by atoms with van der Waals surface area (Å²) in [6.07, 6.45) is 0. The van der Waals surface area contributed by atoms with Gasteiger partial charge >= 0.3 is 0 Å². The van der Waals surface area contributed by atoms with Crippen LogP contribution in [0.5, 0.6) is 0 Å². The minimum atomic E-state index is -0.0752. The molecule has 2 N–H and O–H groups in total. The predicted molar refractivity (Wildman–Crippen MR) is 25.7 cm³/mol. The molecule has 0 aromatic carbocycles. The largest absolute Gasteiger partial charge is 0.314 e. The van der Waals surface area contributed by atoms with Gasteiger partial charge in [-0.1, -0.05) is 0 Å². The molecule has 36 valence electrons. The van der Waals surface area contributed by atoms with E-state index in [1.807, 2.05) is 0 Å². The molecule has 1 fully saturated rings. The summed E-state index contributed by atoms with van der Waals surface area (Å²) in [4.78, 5) is 0. The molecule has 1 atom stereocenters. The topological polar surface area (TPSA) is 24.1 Å². The summed E-state index contributed by atoms with van der Waals surface area (Å²) in [7, 11) is 0. The van der Waals surface area contributed by atoms with Gasteiger partial charge in [-0.25, -0.2) is 0 Å². The molecule has 2 heteroatoms. The fourth-order valence-corrected chi connectivity index (χ4v) is 0.509. The zero-order valence-electron chi connectivity index (χ0n) is 4.70. The van der Waals surface area contributed by atoms with Gasteiger partial charge in [-0.15, -0.1) is 0 Å². The third-order valence-electron chi connectivity index (χ3n) is 0.837. The molecule has 0 aromatic rings. The van der Waals surface area contributed by atoms with Gasteiger partial charge in [-0.3, -0.25) is 0 Å². The third kappa shape index (κ3) is 0.954. The van der Waals surface area contributed by atoms with Crippen LogP contribution in [-0.4, -0.2) is 26.2 Å². The third-order valence-corrected chi connectivity index (χ3v) is 0.837. The minimum Gasteiger partial charge on any atom is -0.314 e. The summed E-state index contributed by atoms with van der Waals surface area (Å²) in [6.45, 7) is 2.66. The van der Waals surface area contributed by atoms with Crippen molar-refractivity contribution in [2.45, 2.75) is 0 Å². The molecule has 1 unspecified atom stereocenters. The van der Waals surface area contributed by atoms with Crippen LogP contribution in [-0.2, 0) is 0 Å². The van der Waals surface area contributed by atoms with Crippen molar-refractivity contribution < 1.29 is 1.37 Å². The van der Waals surface area contributed by atoms with Gasteiger partial charge in [0.25, 0.3) is 0 Å². The summed E-state index contributed by atoms with van der Waals surface area (Å²) < 4.78 is 7.10. The SMILES string of the molecule is [2H]C1CNCCN1. The highest BCUT2D eigenvalue weighted by Crippen LogP contribution is 1.65. The molecule has 0 spiro atoms. The van der Waals surface area contributed by atoms with E-state index < -0.39 is 0 Å². The minimum absolute atomic E-state index is 0.0752. The van der Waals surface area contributed by atoms with E-state index in [1.165, 1.54) is 0 Å². The van der Waals surface area contributed by atoms with E-state index in [4.69, 9.17) is 1.37 Å². The molecule has 1 rings (SSSR count). The van der Waals surface area contributed by atoms with Gasteiger partial charge in [0.1, 0.15) is 0 Å². The maximum absolute atomic E-state index is 7.10. The number of nitrogens with one attached hydrogen (secondary N) is 2. The highest BCUT2D eigenvalue weighted by atomic mass is 15.0. The van der Waals surface area contributed by atoms with Crippen LogP contribution in [0.3, 0.4) is 0 Å². The zero-order valence-corrected chi connectivity index (χ0v) is 3.70. The highest BCUT2D eigenvalue weighted by molar-refractivity contribution is 4.59. The lowest BCUT2D eigenvalue weighted by Crippen LogP contribution is -2.39.